The number of pyridine rings is 1. The maximum atomic E-state index is 8.67. The molecule has 0 saturated heterocycles. The molecule has 0 N–H and O–H groups in total. The zero-order chi connectivity index (χ0) is 11.4. The number of nitrogens with zero attached hydrogens (tertiary/aromatic N) is 3. The van der Waals surface area contributed by atoms with E-state index in [1.807, 2.05) is 13.1 Å². The first-order valence-corrected chi connectivity index (χ1v) is 5.82. The Morgan fingerprint density at radius 1 is 1.44 bits per heavy atom. The molecule has 0 amide bonds. The summed E-state index contributed by atoms with van der Waals surface area (Å²) in [6.45, 7) is 0.836. The highest BCUT2D eigenvalue weighted by molar-refractivity contribution is 7.07. The van der Waals surface area contributed by atoms with Gasteiger partial charge in [0.25, 0.3) is 0 Å². The van der Waals surface area contributed by atoms with E-state index in [1.165, 1.54) is 5.56 Å². The number of anilines is 1. The highest BCUT2D eigenvalue weighted by Gasteiger charge is 2.03. The van der Waals surface area contributed by atoms with Gasteiger partial charge in [-0.15, -0.1) is 0 Å². The van der Waals surface area contributed by atoms with Crippen LogP contribution in [0.25, 0.3) is 0 Å². The molecule has 0 aliphatic heterocycles. The van der Waals surface area contributed by atoms with E-state index in [0.717, 1.165) is 12.4 Å². The molecule has 0 fully saturated rings. The van der Waals surface area contributed by atoms with E-state index >= 15 is 0 Å². The normalized spacial score (nSPS) is 9.75. The van der Waals surface area contributed by atoms with Gasteiger partial charge in [-0.25, -0.2) is 4.98 Å². The van der Waals surface area contributed by atoms with Gasteiger partial charge in [-0.05, 0) is 34.5 Å². The first-order valence-electron chi connectivity index (χ1n) is 4.88. The zero-order valence-corrected chi connectivity index (χ0v) is 9.74. The van der Waals surface area contributed by atoms with E-state index in [0.29, 0.717) is 5.56 Å². The van der Waals surface area contributed by atoms with Crippen LogP contribution in [0.4, 0.5) is 5.82 Å². The summed E-state index contributed by atoms with van der Waals surface area (Å²) in [7, 11) is 1.99. The molecule has 0 atom stereocenters. The molecule has 3 nitrogen and oxygen atoms in total. The highest BCUT2D eigenvalue weighted by Crippen LogP contribution is 2.14. The summed E-state index contributed by atoms with van der Waals surface area (Å²) < 4.78 is 0. The highest BCUT2D eigenvalue weighted by atomic mass is 32.1. The standard InChI is InChI=1S/C12H11N3S/c1-15(8-11-4-5-16-9-11)12-3-2-10(6-13)7-14-12/h2-5,7,9H,8H2,1H3. The SMILES string of the molecule is CN(Cc1ccsc1)c1ccc(C#N)cn1. The Morgan fingerprint density at radius 3 is 2.88 bits per heavy atom. The summed E-state index contributed by atoms with van der Waals surface area (Å²) in [6, 6.07) is 7.81. The van der Waals surface area contributed by atoms with Gasteiger partial charge >= 0.3 is 0 Å². The average molecular weight is 229 g/mol. The zero-order valence-electron chi connectivity index (χ0n) is 8.92. The molecule has 2 heterocycles. The summed E-state index contributed by atoms with van der Waals surface area (Å²) >= 11 is 1.69. The minimum absolute atomic E-state index is 0.590. The predicted octanol–water partition coefficient (Wildman–Crippen LogP) is 2.65. The van der Waals surface area contributed by atoms with Gasteiger partial charge in [0.1, 0.15) is 11.9 Å². The second-order valence-corrected chi connectivity index (χ2v) is 4.28. The number of rotatable bonds is 3. The third-order valence-electron chi connectivity index (χ3n) is 2.27. The van der Waals surface area contributed by atoms with Crippen molar-refractivity contribution in [2.45, 2.75) is 6.54 Å². The number of aromatic nitrogens is 1. The van der Waals surface area contributed by atoms with Gasteiger partial charge < -0.3 is 4.90 Å². The lowest BCUT2D eigenvalue weighted by molar-refractivity contribution is 0.901. The van der Waals surface area contributed by atoms with Crippen LogP contribution in [0.1, 0.15) is 11.1 Å². The summed E-state index contributed by atoms with van der Waals surface area (Å²) in [6.07, 6.45) is 1.60. The average Bonchev–Trinajstić information content (AvgIpc) is 2.82. The van der Waals surface area contributed by atoms with Gasteiger partial charge in [0.2, 0.25) is 0 Å². The monoisotopic (exact) mass is 229 g/mol. The van der Waals surface area contributed by atoms with Gasteiger partial charge in [0.05, 0.1) is 5.56 Å². The molecule has 0 bridgehead atoms. The van der Waals surface area contributed by atoms with Crippen LogP contribution >= 0.6 is 11.3 Å². The van der Waals surface area contributed by atoms with Crippen LogP contribution in [0.3, 0.4) is 0 Å². The fourth-order valence-corrected chi connectivity index (χ4v) is 2.08. The smallest absolute Gasteiger partial charge is 0.128 e. The minimum atomic E-state index is 0.590. The Morgan fingerprint density at radius 2 is 2.31 bits per heavy atom. The van der Waals surface area contributed by atoms with Crippen molar-refractivity contribution in [2.24, 2.45) is 0 Å². The van der Waals surface area contributed by atoms with Crippen LogP contribution in [0.5, 0.6) is 0 Å². The van der Waals surface area contributed by atoms with Gasteiger partial charge in [-0.1, -0.05) is 0 Å². The predicted molar refractivity (Wildman–Crippen MR) is 65.4 cm³/mol. The summed E-state index contributed by atoms with van der Waals surface area (Å²) in [5.74, 6) is 0.880. The summed E-state index contributed by atoms with van der Waals surface area (Å²) in [5, 5.41) is 12.9. The van der Waals surface area contributed by atoms with Crippen molar-refractivity contribution >= 4 is 17.2 Å². The van der Waals surface area contributed by atoms with Crippen molar-refractivity contribution in [3.05, 3.63) is 46.3 Å². The summed E-state index contributed by atoms with van der Waals surface area (Å²) in [5.41, 5.74) is 1.87. The van der Waals surface area contributed by atoms with E-state index in [9.17, 15) is 0 Å². The van der Waals surface area contributed by atoms with Crippen molar-refractivity contribution in [3.63, 3.8) is 0 Å². The van der Waals surface area contributed by atoms with Gasteiger partial charge in [0, 0.05) is 19.8 Å². The van der Waals surface area contributed by atoms with Gasteiger partial charge in [-0.3, -0.25) is 0 Å². The fraction of sp³-hybridized carbons (Fsp3) is 0.167. The molecule has 0 radical (unpaired) electrons. The number of hydrogen-bond donors (Lipinski definition) is 0. The molecular formula is C12H11N3S. The molecule has 0 aliphatic rings. The van der Waals surface area contributed by atoms with Crippen molar-refractivity contribution in [1.82, 2.24) is 4.98 Å². The lowest BCUT2D eigenvalue weighted by atomic mass is 10.3. The first-order chi connectivity index (χ1) is 7.79. The van der Waals surface area contributed by atoms with E-state index < -0.39 is 0 Å². The van der Waals surface area contributed by atoms with Crippen LogP contribution in [-0.4, -0.2) is 12.0 Å². The Bertz CT molecular complexity index is 482. The van der Waals surface area contributed by atoms with Gasteiger partial charge in [-0.2, -0.15) is 16.6 Å². The van der Waals surface area contributed by atoms with Crippen LogP contribution in [0.15, 0.2) is 35.2 Å². The molecule has 2 aromatic rings. The Labute approximate surface area is 98.6 Å². The van der Waals surface area contributed by atoms with E-state index in [1.54, 1.807) is 23.6 Å². The minimum Gasteiger partial charge on any atom is -0.355 e. The van der Waals surface area contributed by atoms with Crippen LogP contribution in [0, 0.1) is 11.3 Å². The first kappa shape index (κ1) is 10.7. The Hall–Kier alpha value is -1.86. The number of hydrogen-bond acceptors (Lipinski definition) is 4. The Balaban J connectivity index is 2.09. The lowest BCUT2D eigenvalue weighted by Gasteiger charge is -2.17. The second kappa shape index (κ2) is 4.77. The van der Waals surface area contributed by atoms with Crippen LogP contribution in [0.2, 0.25) is 0 Å². The van der Waals surface area contributed by atoms with Crippen molar-refractivity contribution in [2.75, 3.05) is 11.9 Å². The van der Waals surface area contributed by atoms with Gasteiger partial charge in [0.15, 0.2) is 0 Å². The third-order valence-corrected chi connectivity index (χ3v) is 3.00. The van der Waals surface area contributed by atoms with Crippen LogP contribution < -0.4 is 4.90 Å². The van der Waals surface area contributed by atoms with E-state index in [4.69, 9.17) is 5.26 Å². The molecule has 0 spiro atoms. The van der Waals surface area contributed by atoms with Crippen molar-refractivity contribution < 1.29 is 0 Å². The molecule has 0 unspecified atom stereocenters. The fourth-order valence-electron chi connectivity index (χ4n) is 1.42. The lowest BCUT2D eigenvalue weighted by Crippen LogP contribution is -2.17. The molecule has 4 heteroatoms. The molecule has 0 saturated carbocycles. The second-order valence-electron chi connectivity index (χ2n) is 3.50. The topological polar surface area (TPSA) is 39.9 Å². The summed E-state index contributed by atoms with van der Waals surface area (Å²) in [4.78, 5) is 6.30. The maximum Gasteiger partial charge on any atom is 0.128 e. The van der Waals surface area contributed by atoms with Crippen LogP contribution in [-0.2, 0) is 6.54 Å². The quantitative estimate of drug-likeness (QED) is 0.812. The molecular weight excluding hydrogens is 218 g/mol. The third kappa shape index (κ3) is 2.38. The van der Waals surface area contributed by atoms with Crippen molar-refractivity contribution in [3.8, 4) is 6.07 Å². The molecule has 0 aromatic carbocycles. The molecule has 80 valence electrons. The molecule has 2 aromatic heterocycles. The van der Waals surface area contributed by atoms with E-state index in [2.05, 4.69) is 32.8 Å². The number of nitriles is 1. The molecule has 2 rings (SSSR count). The number of thiophene rings is 1. The van der Waals surface area contributed by atoms with E-state index in [-0.39, 0.29) is 0 Å². The largest absolute Gasteiger partial charge is 0.355 e. The maximum absolute atomic E-state index is 8.67. The molecule has 16 heavy (non-hydrogen) atoms. The Kier molecular flexibility index (Phi) is 3.18. The van der Waals surface area contributed by atoms with Crippen molar-refractivity contribution in [1.29, 1.82) is 5.26 Å². The molecule has 0 aliphatic carbocycles.